The van der Waals surface area contributed by atoms with Gasteiger partial charge in [-0.05, 0) is 38.2 Å². The monoisotopic (exact) mass is 614 g/mol. The summed E-state index contributed by atoms with van der Waals surface area (Å²) >= 11 is 12.3. The van der Waals surface area contributed by atoms with Crippen molar-refractivity contribution in [2.45, 2.75) is 22.9 Å². The smallest absolute Gasteiger partial charge is 0.290 e. The SMILES string of the molecule is CCN(c1c(S(=O)(=O)NC)c(C(=N)NO)nn1-c1c(Cl)cc(C(F)(F)F)cc1Cl)S(=O)(=O)c1ccccc1. The van der Waals surface area contributed by atoms with Gasteiger partial charge >= 0.3 is 6.18 Å². The molecule has 0 aliphatic heterocycles. The zero-order valence-electron chi connectivity index (χ0n) is 19.4. The highest BCUT2D eigenvalue weighted by molar-refractivity contribution is 7.93. The van der Waals surface area contributed by atoms with Gasteiger partial charge in [0.2, 0.25) is 10.0 Å². The number of aromatic nitrogens is 2. The molecule has 0 unspecified atom stereocenters. The Kier molecular flexibility index (Phi) is 8.35. The first kappa shape index (κ1) is 29.7. The fourth-order valence-electron chi connectivity index (χ4n) is 3.42. The van der Waals surface area contributed by atoms with Crippen LogP contribution in [-0.2, 0) is 26.2 Å². The standard InChI is InChI=1S/C20H19Cl2F3N6O5S2/c1-3-30(38(35,36)12-7-5-4-6-8-12)19-17(37(33,34)27-2)15(18(26)29-32)28-31(19)16-13(21)9-11(10-14(16)22)20(23,24)25/h4-10,27,32H,3H2,1-2H3,(H2,26,29). The van der Waals surface area contributed by atoms with Gasteiger partial charge in [-0.2, -0.15) is 18.3 Å². The van der Waals surface area contributed by atoms with Crippen LogP contribution in [0.15, 0.2) is 52.3 Å². The summed E-state index contributed by atoms with van der Waals surface area (Å²) in [5.41, 5.74) is -1.10. The Morgan fingerprint density at radius 3 is 2.13 bits per heavy atom. The van der Waals surface area contributed by atoms with E-state index < -0.39 is 76.3 Å². The normalized spacial score (nSPS) is 12.4. The van der Waals surface area contributed by atoms with Crippen LogP contribution in [-0.4, -0.2) is 51.3 Å². The highest BCUT2D eigenvalue weighted by Crippen LogP contribution is 2.41. The summed E-state index contributed by atoms with van der Waals surface area (Å²) in [6.07, 6.45) is -4.85. The molecule has 0 saturated heterocycles. The molecule has 0 fully saturated rings. The molecule has 3 rings (SSSR count). The van der Waals surface area contributed by atoms with Crippen molar-refractivity contribution in [3.8, 4) is 5.69 Å². The molecule has 206 valence electrons. The van der Waals surface area contributed by atoms with Crippen LogP contribution in [0, 0.1) is 5.41 Å². The Labute approximate surface area is 225 Å². The highest BCUT2D eigenvalue weighted by Gasteiger charge is 2.39. The molecule has 0 aliphatic carbocycles. The average Bonchev–Trinajstić information content (AvgIpc) is 3.24. The predicted octanol–water partition coefficient (Wildman–Crippen LogP) is 3.63. The number of hydrogen-bond acceptors (Lipinski definition) is 7. The molecule has 0 radical (unpaired) electrons. The average molecular weight is 615 g/mol. The minimum Gasteiger partial charge on any atom is -0.290 e. The van der Waals surface area contributed by atoms with Gasteiger partial charge in [0.05, 0.1) is 20.5 Å². The molecule has 38 heavy (non-hydrogen) atoms. The predicted molar refractivity (Wildman–Crippen MR) is 133 cm³/mol. The largest absolute Gasteiger partial charge is 0.416 e. The van der Waals surface area contributed by atoms with E-state index in [1.165, 1.54) is 36.7 Å². The minimum absolute atomic E-state index is 0.260. The molecule has 3 aromatic rings. The maximum atomic E-state index is 13.7. The summed E-state index contributed by atoms with van der Waals surface area (Å²) in [6.45, 7) is 0.948. The quantitative estimate of drug-likeness (QED) is 0.171. The molecule has 0 bridgehead atoms. The van der Waals surface area contributed by atoms with Crippen molar-refractivity contribution in [2.24, 2.45) is 0 Å². The third-order valence-electron chi connectivity index (χ3n) is 5.12. The molecular weight excluding hydrogens is 596 g/mol. The summed E-state index contributed by atoms with van der Waals surface area (Å²) in [5, 5.41) is 19.9. The third kappa shape index (κ3) is 5.32. The number of nitrogens with one attached hydrogen (secondary N) is 3. The lowest BCUT2D eigenvalue weighted by Crippen LogP contribution is -2.35. The van der Waals surface area contributed by atoms with Gasteiger partial charge in [-0.25, -0.2) is 30.5 Å². The van der Waals surface area contributed by atoms with E-state index in [0.29, 0.717) is 21.1 Å². The number of anilines is 1. The van der Waals surface area contributed by atoms with Gasteiger partial charge in [-0.1, -0.05) is 41.4 Å². The molecule has 2 aromatic carbocycles. The second-order valence-electron chi connectivity index (χ2n) is 7.38. The van der Waals surface area contributed by atoms with Crippen molar-refractivity contribution < 1.29 is 35.2 Å². The molecule has 0 atom stereocenters. The Hall–Kier alpha value is -2.89. The van der Waals surface area contributed by atoms with Gasteiger partial charge in [-0.15, -0.1) is 0 Å². The van der Waals surface area contributed by atoms with Crippen molar-refractivity contribution in [1.82, 2.24) is 20.0 Å². The van der Waals surface area contributed by atoms with Crippen molar-refractivity contribution in [3.63, 3.8) is 0 Å². The maximum absolute atomic E-state index is 13.7. The first-order valence-corrected chi connectivity index (χ1v) is 14.0. The van der Waals surface area contributed by atoms with Crippen molar-refractivity contribution in [1.29, 1.82) is 5.41 Å². The van der Waals surface area contributed by atoms with Crippen LogP contribution in [0.25, 0.3) is 5.69 Å². The van der Waals surface area contributed by atoms with E-state index in [0.717, 1.165) is 7.05 Å². The Bertz CT molecular complexity index is 1570. The van der Waals surface area contributed by atoms with E-state index in [1.54, 1.807) is 6.07 Å². The van der Waals surface area contributed by atoms with Crippen LogP contribution < -0.4 is 14.5 Å². The van der Waals surface area contributed by atoms with Crippen LogP contribution in [0.4, 0.5) is 19.0 Å². The van der Waals surface area contributed by atoms with E-state index in [9.17, 15) is 35.2 Å². The molecule has 0 spiro atoms. The lowest BCUT2D eigenvalue weighted by molar-refractivity contribution is -0.137. The van der Waals surface area contributed by atoms with Crippen molar-refractivity contribution in [3.05, 3.63) is 63.8 Å². The Morgan fingerprint density at radius 2 is 1.68 bits per heavy atom. The second-order valence-corrected chi connectivity index (χ2v) is 11.9. The van der Waals surface area contributed by atoms with E-state index in [1.807, 2.05) is 4.72 Å². The van der Waals surface area contributed by atoms with Gasteiger partial charge in [0, 0.05) is 6.54 Å². The van der Waals surface area contributed by atoms with E-state index in [2.05, 4.69) is 5.10 Å². The minimum atomic E-state index is -4.85. The summed E-state index contributed by atoms with van der Waals surface area (Å²) in [5.74, 6) is -1.71. The number of sulfonamides is 2. The van der Waals surface area contributed by atoms with Crippen LogP contribution in [0.1, 0.15) is 18.2 Å². The number of alkyl halides is 3. The number of hydrogen-bond donors (Lipinski definition) is 4. The number of rotatable bonds is 8. The van der Waals surface area contributed by atoms with Gasteiger partial charge in [0.1, 0.15) is 5.69 Å². The summed E-state index contributed by atoms with van der Waals surface area (Å²) in [7, 11) is -8.20. The van der Waals surface area contributed by atoms with Crippen LogP contribution in [0.5, 0.6) is 0 Å². The van der Waals surface area contributed by atoms with Gasteiger partial charge in [0.25, 0.3) is 10.0 Å². The molecule has 11 nitrogen and oxygen atoms in total. The van der Waals surface area contributed by atoms with Gasteiger partial charge in [0.15, 0.2) is 22.2 Å². The highest BCUT2D eigenvalue weighted by atomic mass is 35.5. The number of halogens is 5. The molecule has 0 amide bonds. The molecule has 0 saturated carbocycles. The third-order valence-corrected chi connectivity index (χ3v) is 9.02. The molecule has 1 heterocycles. The molecule has 4 N–H and O–H groups in total. The zero-order valence-corrected chi connectivity index (χ0v) is 22.5. The number of benzene rings is 2. The van der Waals surface area contributed by atoms with Gasteiger partial charge in [-0.3, -0.25) is 16.1 Å². The van der Waals surface area contributed by atoms with Gasteiger partial charge < -0.3 is 0 Å². The van der Waals surface area contributed by atoms with Crippen LogP contribution >= 0.6 is 23.2 Å². The molecule has 1 aromatic heterocycles. The first-order valence-electron chi connectivity index (χ1n) is 10.3. The number of amidine groups is 1. The van der Waals surface area contributed by atoms with E-state index in [4.69, 9.17) is 28.6 Å². The van der Waals surface area contributed by atoms with Crippen LogP contribution in [0.3, 0.4) is 0 Å². The van der Waals surface area contributed by atoms with E-state index in [-0.39, 0.29) is 4.90 Å². The lowest BCUT2D eigenvalue weighted by Gasteiger charge is -2.25. The summed E-state index contributed by atoms with van der Waals surface area (Å²) < 4.78 is 96.8. The topological polar surface area (TPSA) is 157 Å². The second kappa shape index (κ2) is 10.7. The molecule has 0 aliphatic rings. The molecular formula is C20H19Cl2F3N6O5S2. The Morgan fingerprint density at radius 1 is 1.13 bits per heavy atom. The lowest BCUT2D eigenvalue weighted by atomic mass is 10.2. The van der Waals surface area contributed by atoms with Crippen molar-refractivity contribution >= 4 is 54.9 Å². The summed E-state index contributed by atoms with van der Waals surface area (Å²) in [6, 6.07) is 7.86. The summed E-state index contributed by atoms with van der Waals surface area (Å²) in [4.78, 5) is -1.16. The number of hydroxylamine groups is 1. The maximum Gasteiger partial charge on any atom is 0.416 e. The fraction of sp³-hybridized carbons (Fsp3) is 0.200. The van der Waals surface area contributed by atoms with Crippen molar-refractivity contribution in [2.75, 3.05) is 17.9 Å². The fourth-order valence-corrected chi connectivity index (χ4v) is 6.66. The van der Waals surface area contributed by atoms with E-state index >= 15 is 0 Å². The Balaban J connectivity index is 2.54. The molecule has 18 heteroatoms. The number of nitrogens with zero attached hydrogens (tertiary/aromatic N) is 3. The zero-order chi connectivity index (χ0) is 28.6. The first-order chi connectivity index (χ1) is 17.6. The van der Waals surface area contributed by atoms with Crippen LogP contribution in [0.2, 0.25) is 10.0 Å².